The number of aryl methyl sites for hydroxylation is 3. The maximum atomic E-state index is 11.4. The van der Waals surface area contributed by atoms with Gasteiger partial charge in [-0.25, -0.2) is 4.98 Å². The molecule has 0 atom stereocenters. The van der Waals surface area contributed by atoms with Gasteiger partial charge in [-0.15, -0.1) is 0 Å². The van der Waals surface area contributed by atoms with E-state index in [0.717, 1.165) is 28.2 Å². The van der Waals surface area contributed by atoms with Crippen LogP contribution in [0.4, 0.5) is 5.69 Å². The Morgan fingerprint density at radius 2 is 1.54 bits per heavy atom. The molecule has 0 spiro atoms. The maximum absolute atomic E-state index is 11.4. The number of hydrogen-bond acceptors (Lipinski definition) is 3. The van der Waals surface area contributed by atoms with E-state index in [1.807, 2.05) is 19.1 Å². The third-order valence-electron chi connectivity index (χ3n) is 3.40. The van der Waals surface area contributed by atoms with Crippen LogP contribution in [-0.2, 0) is 13.1 Å². The average molecular weight is 407 g/mol. The molecule has 1 heterocycles. The van der Waals surface area contributed by atoms with E-state index < -0.39 is 0 Å². The first-order valence-electron chi connectivity index (χ1n) is 7.26. The molecule has 0 aliphatic heterocycles. The zero-order chi connectivity index (χ0) is 18.3. The Hall–Kier alpha value is -1.19. The third kappa shape index (κ3) is 6.03. The van der Waals surface area contributed by atoms with Gasteiger partial charge in [0.05, 0.1) is 17.1 Å². The van der Waals surface area contributed by atoms with Gasteiger partial charge in [0, 0.05) is 6.92 Å². The zero-order valence-electron chi connectivity index (χ0n) is 14.3. The van der Waals surface area contributed by atoms with Crippen molar-refractivity contribution in [2.45, 2.75) is 34.6 Å². The molecule has 2 rings (SSSR count). The number of rotatable bonds is 3. The number of nitrogens with zero attached hydrogens (tertiary/aromatic N) is 2. The minimum atomic E-state index is -0.0349. The summed E-state index contributed by atoms with van der Waals surface area (Å²) < 4.78 is 0. The summed E-state index contributed by atoms with van der Waals surface area (Å²) in [5.74, 6) is -0.0349. The van der Waals surface area contributed by atoms with Crippen LogP contribution in [0.3, 0.4) is 0 Å². The molecule has 130 valence electrons. The monoisotopic (exact) mass is 406 g/mol. The summed E-state index contributed by atoms with van der Waals surface area (Å²) in [4.78, 5) is 20.5. The molecule has 0 fully saturated rings. The van der Waals surface area contributed by atoms with Gasteiger partial charge in [0.1, 0.15) is 5.69 Å². The topological polar surface area (TPSA) is 42.3 Å². The second kappa shape index (κ2) is 9.95. The molecule has 0 radical (unpaired) electrons. The summed E-state index contributed by atoms with van der Waals surface area (Å²) in [6, 6.07) is 9.69. The van der Waals surface area contributed by atoms with Gasteiger partial charge in [0.2, 0.25) is 0 Å². The van der Waals surface area contributed by atoms with Crippen molar-refractivity contribution in [3.8, 4) is 0 Å². The molecule has 0 amide bonds. The second-order valence-corrected chi connectivity index (χ2v) is 7.28. The van der Waals surface area contributed by atoms with Gasteiger partial charge in [-0.2, -0.15) is 0 Å². The van der Waals surface area contributed by atoms with Crippen molar-refractivity contribution < 1.29 is 17.9 Å². The molecule has 1 aromatic carbocycles. The number of carbonyl (C=O) groups is 1. The first-order chi connectivity index (χ1) is 11.3. The third-order valence-corrected chi connectivity index (χ3v) is 3.40. The molecular formula is C18H20Cl2FeN2O. The van der Waals surface area contributed by atoms with Crippen LogP contribution < -0.4 is 0 Å². The Balaban J connectivity index is 0.000000891. The molecule has 0 aliphatic carbocycles. The number of ketones is 1. The number of pyridine rings is 1. The fourth-order valence-corrected chi connectivity index (χ4v) is 2.41. The van der Waals surface area contributed by atoms with Crippen molar-refractivity contribution in [2.24, 2.45) is 4.99 Å². The summed E-state index contributed by atoms with van der Waals surface area (Å²) in [5, 5.41) is 0. The number of benzene rings is 1. The quantitative estimate of drug-likeness (QED) is 0.371. The number of Topliss-reactive ketones (excluding diaryl/α,β-unsaturated/α-hetero) is 1. The van der Waals surface area contributed by atoms with E-state index in [1.165, 1.54) is 12.5 Å². The van der Waals surface area contributed by atoms with Crippen LogP contribution in [0.25, 0.3) is 0 Å². The number of aromatic nitrogens is 1. The van der Waals surface area contributed by atoms with Crippen LogP contribution in [0, 0.1) is 20.8 Å². The van der Waals surface area contributed by atoms with Crippen molar-refractivity contribution in [1.29, 1.82) is 0 Å². The first-order valence-corrected chi connectivity index (χ1v) is 10.3. The second-order valence-electron chi connectivity index (χ2n) is 5.46. The van der Waals surface area contributed by atoms with Crippen LogP contribution in [-0.4, -0.2) is 16.5 Å². The number of halogens is 2. The zero-order valence-corrected chi connectivity index (χ0v) is 16.9. The van der Waals surface area contributed by atoms with Crippen molar-refractivity contribution in [3.05, 3.63) is 58.4 Å². The molecule has 2 aromatic rings. The Kier molecular flexibility index (Phi) is 8.64. The molecule has 0 unspecified atom stereocenters. The van der Waals surface area contributed by atoms with Crippen molar-refractivity contribution >= 4 is 37.4 Å². The van der Waals surface area contributed by atoms with Crippen molar-refractivity contribution in [1.82, 2.24) is 4.98 Å². The molecule has 0 saturated heterocycles. The van der Waals surface area contributed by atoms with Gasteiger partial charge in [-0.05, 0) is 51.0 Å². The average Bonchev–Trinajstić information content (AvgIpc) is 2.51. The minimum absolute atomic E-state index is 0.0349. The van der Waals surface area contributed by atoms with Gasteiger partial charge < -0.3 is 0 Å². The van der Waals surface area contributed by atoms with E-state index in [2.05, 4.69) is 37.9 Å². The summed E-state index contributed by atoms with van der Waals surface area (Å²) >= 11 is 0.194. The van der Waals surface area contributed by atoms with Crippen molar-refractivity contribution in [2.75, 3.05) is 0 Å². The fraction of sp³-hybridized carbons (Fsp3) is 0.278. The summed E-state index contributed by atoms with van der Waals surface area (Å²) in [6.07, 6.45) is 0. The van der Waals surface area contributed by atoms with E-state index in [9.17, 15) is 4.79 Å². The molecule has 0 saturated carbocycles. The Bertz CT molecular complexity index is 737. The fourth-order valence-electron chi connectivity index (χ4n) is 2.41. The number of hydrogen-bond donors (Lipinski definition) is 0. The van der Waals surface area contributed by atoms with Gasteiger partial charge in [0.25, 0.3) is 0 Å². The van der Waals surface area contributed by atoms with Crippen LogP contribution in [0.5, 0.6) is 0 Å². The summed E-state index contributed by atoms with van der Waals surface area (Å²) in [5.41, 5.74) is 6.53. The van der Waals surface area contributed by atoms with E-state index in [1.54, 1.807) is 6.07 Å². The summed E-state index contributed by atoms with van der Waals surface area (Å²) in [6.45, 7) is 9.65. The van der Waals surface area contributed by atoms with Gasteiger partial charge in [-0.3, -0.25) is 9.79 Å². The molecular weight excluding hydrogens is 387 g/mol. The van der Waals surface area contributed by atoms with E-state index in [0.29, 0.717) is 5.69 Å². The van der Waals surface area contributed by atoms with Gasteiger partial charge in [0.15, 0.2) is 5.78 Å². The SMILES string of the molecule is CC(=O)c1cccc(C(C)=Nc2c(C)cc(C)cc2C)n1.[Cl][Fe][Cl]. The van der Waals surface area contributed by atoms with E-state index >= 15 is 0 Å². The first kappa shape index (κ1) is 20.9. The van der Waals surface area contributed by atoms with Crippen molar-refractivity contribution in [3.63, 3.8) is 0 Å². The van der Waals surface area contributed by atoms with E-state index in [4.69, 9.17) is 25.2 Å². The van der Waals surface area contributed by atoms with Gasteiger partial charge >= 0.3 is 33.3 Å². The standard InChI is InChI=1S/C18H20N2O.2ClH.Fe/c1-11-9-12(2)18(13(3)10-11)19-14(4)16-7-6-8-17(20-16)15(5)21;;;/h6-10H,1-5H3;2*1H;/q;;;+2/p-2. The van der Waals surface area contributed by atoms with Crippen LogP contribution >= 0.6 is 20.2 Å². The summed E-state index contributed by atoms with van der Waals surface area (Å²) in [7, 11) is 9.53. The van der Waals surface area contributed by atoms with Crippen LogP contribution in [0.15, 0.2) is 35.3 Å². The van der Waals surface area contributed by atoms with E-state index in [-0.39, 0.29) is 18.9 Å². The molecule has 1 aromatic heterocycles. The predicted molar refractivity (Wildman–Crippen MR) is 98.5 cm³/mol. The van der Waals surface area contributed by atoms with Crippen LogP contribution in [0.1, 0.15) is 46.7 Å². The molecule has 0 aliphatic rings. The molecule has 0 N–H and O–H groups in total. The Labute approximate surface area is 158 Å². The normalized spacial score (nSPS) is 11.0. The number of carbonyl (C=O) groups excluding carboxylic acids is 1. The Morgan fingerprint density at radius 1 is 1.04 bits per heavy atom. The molecule has 0 bridgehead atoms. The molecule has 3 nitrogen and oxygen atoms in total. The molecule has 6 heteroatoms. The predicted octanol–water partition coefficient (Wildman–Crippen LogP) is 5.73. The van der Waals surface area contributed by atoms with Gasteiger partial charge in [-0.1, -0.05) is 23.8 Å². The number of aliphatic imine (C=N–C) groups is 1. The van der Waals surface area contributed by atoms with Crippen LogP contribution in [0.2, 0.25) is 0 Å². The Morgan fingerprint density at radius 3 is 2.04 bits per heavy atom. The molecule has 24 heavy (non-hydrogen) atoms.